The Hall–Kier alpha value is -2.21. The van der Waals surface area contributed by atoms with Crippen molar-refractivity contribution in [2.24, 2.45) is 0 Å². The molecule has 4 nitrogen and oxygen atoms in total. The molecule has 1 N–H and O–H groups in total. The molecule has 0 saturated carbocycles. The fraction of sp³-hybridized carbons (Fsp3) is 0.250. The minimum Gasteiger partial charge on any atom is -0.497 e. The first kappa shape index (κ1) is 22.5. The van der Waals surface area contributed by atoms with E-state index in [1.54, 1.807) is 7.11 Å². The molecule has 0 unspecified atom stereocenters. The number of hydrogen-bond acceptors (Lipinski definition) is 4. The molecule has 6 heteroatoms. The van der Waals surface area contributed by atoms with Crippen LogP contribution in [0.4, 0.5) is 0 Å². The van der Waals surface area contributed by atoms with Gasteiger partial charge >= 0.3 is 0 Å². The summed E-state index contributed by atoms with van der Waals surface area (Å²) >= 11 is 9.88. The Bertz CT molecular complexity index is 963. The van der Waals surface area contributed by atoms with Crippen LogP contribution in [-0.4, -0.2) is 13.7 Å². The van der Waals surface area contributed by atoms with Crippen LogP contribution in [0.1, 0.15) is 23.6 Å². The van der Waals surface area contributed by atoms with Crippen molar-refractivity contribution in [3.8, 4) is 17.2 Å². The van der Waals surface area contributed by atoms with Gasteiger partial charge in [-0.25, -0.2) is 0 Å². The van der Waals surface area contributed by atoms with Crippen LogP contribution < -0.4 is 19.5 Å². The number of ether oxygens (including phenoxy) is 3. The largest absolute Gasteiger partial charge is 0.497 e. The molecule has 0 fully saturated rings. The standard InChI is InChI=1S/C24H25BrClNO3/c1-3-29-23-13-18(15-27-14-17-8-10-20(28-2)11-9-17)12-21(25)24(23)30-16-19-6-4-5-7-22(19)26/h4-13,27H,3,14-16H2,1-2H3. The third-order valence-electron chi connectivity index (χ3n) is 4.52. The van der Waals surface area contributed by atoms with Crippen LogP contribution in [0.5, 0.6) is 17.2 Å². The summed E-state index contributed by atoms with van der Waals surface area (Å²) in [6.45, 7) is 4.34. The van der Waals surface area contributed by atoms with Crippen molar-refractivity contribution >= 4 is 27.5 Å². The van der Waals surface area contributed by atoms with E-state index in [4.69, 9.17) is 25.8 Å². The first-order chi connectivity index (χ1) is 14.6. The Morgan fingerprint density at radius 2 is 1.67 bits per heavy atom. The van der Waals surface area contributed by atoms with Gasteiger partial charge in [-0.05, 0) is 64.3 Å². The Labute approximate surface area is 191 Å². The van der Waals surface area contributed by atoms with Gasteiger partial charge in [0, 0.05) is 23.7 Å². The first-order valence-electron chi connectivity index (χ1n) is 9.75. The number of benzene rings is 3. The highest BCUT2D eigenvalue weighted by molar-refractivity contribution is 9.10. The molecule has 0 aliphatic carbocycles. The third-order valence-corrected chi connectivity index (χ3v) is 5.47. The summed E-state index contributed by atoms with van der Waals surface area (Å²) in [7, 11) is 1.67. The van der Waals surface area contributed by atoms with Gasteiger partial charge in [-0.2, -0.15) is 0 Å². The molecule has 0 atom stereocenters. The lowest BCUT2D eigenvalue weighted by atomic mass is 10.1. The van der Waals surface area contributed by atoms with E-state index in [-0.39, 0.29) is 0 Å². The second-order valence-corrected chi connectivity index (χ2v) is 7.93. The molecule has 0 aromatic heterocycles. The van der Waals surface area contributed by atoms with Gasteiger partial charge in [-0.1, -0.05) is 41.9 Å². The second-order valence-electron chi connectivity index (χ2n) is 6.67. The van der Waals surface area contributed by atoms with Gasteiger partial charge in [0.05, 0.1) is 18.2 Å². The highest BCUT2D eigenvalue weighted by Crippen LogP contribution is 2.37. The second kappa shape index (κ2) is 11.3. The van der Waals surface area contributed by atoms with Gasteiger partial charge in [-0.3, -0.25) is 0 Å². The predicted molar refractivity (Wildman–Crippen MR) is 125 cm³/mol. The zero-order valence-electron chi connectivity index (χ0n) is 17.1. The molecule has 0 spiro atoms. The average molecular weight is 491 g/mol. The molecule has 3 aromatic carbocycles. The van der Waals surface area contributed by atoms with Gasteiger partial charge in [-0.15, -0.1) is 0 Å². The molecule has 30 heavy (non-hydrogen) atoms. The lowest BCUT2D eigenvalue weighted by Crippen LogP contribution is -2.13. The molecule has 0 aliphatic rings. The fourth-order valence-corrected chi connectivity index (χ4v) is 3.78. The summed E-state index contributed by atoms with van der Waals surface area (Å²) in [5, 5.41) is 4.15. The monoisotopic (exact) mass is 489 g/mol. The van der Waals surface area contributed by atoms with Gasteiger partial charge < -0.3 is 19.5 Å². The maximum Gasteiger partial charge on any atom is 0.175 e. The number of halogens is 2. The molecule has 0 amide bonds. The van der Waals surface area contributed by atoms with Crippen molar-refractivity contribution in [1.29, 1.82) is 0 Å². The Kier molecular flexibility index (Phi) is 8.43. The summed E-state index contributed by atoms with van der Waals surface area (Å²) in [5.74, 6) is 2.24. The predicted octanol–water partition coefficient (Wildman–Crippen LogP) is 6.38. The molecule has 0 bridgehead atoms. The van der Waals surface area contributed by atoms with E-state index >= 15 is 0 Å². The van der Waals surface area contributed by atoms with E-state index in [0.717, 1.165) is 27.9 Å². The van der Waals surface area contributed by atoms with Gasteiger partial charge in [0.15, 0.2) is 11.5 Å². The lowest BCUT2D eigenvalue weighted by molar-refractivity contribution is 0.267. The molecule has 0 saturated heterocycles. The third kappa shape index (κ3) is 6.14. The number of nitrogens with one attached hydrogen (secondary N) is 1. The van der Waals surface area contributed by atoms with E-state index in [1.165, 1.54) is 5.56 Å². The quantitative estimate of drug-likeness (QED) is 0.358. The van der Waals surface area contributed by atoms with Crippen LogP contribution >= 0.6 is 27.5 Å². The minimum atomic E-state index is 0.368. The summed E-state index contributed by atoms with van der Waals surface area (Å²) in [5.41, 5.74) is 3.22. The number of methoxy groups -OCH3 is 1. The van der Waals surface area contributed by atoms with Crippen LogP contribution in [0.3, 0.4) is 0 Å². The van der Waals surface area contributed by atoms with Gasteiger partial charge in [0.1, 0.15) is 12.4 Å². The number of rotatable bonds is 10. The van der Waals surface area contributed by atoms with Crippen LogP contribution in [-0.2, 0) is 19.7 Å². The maximum absolute atomic E-state index is 6.24. The average Bonchev–Trinajstić information content (AvgIpc) is 2.75. The van der Waals surface area contributed by atoms with Crippen molar-refractivity contribution in [2.75, 3.05) is 13.7 Å². The van der Waals surface area contributed by atoms with Crippen LogP contribution in [0.2, 0.25) is 5.02 Å². The van der Waals surface area contributed by atoms with Crippen molar-refractivity contribution in [2.45, 2.75) is 26.6 Å². The first-order valence-corrected chi connectivity index (χ1v) is 10.9. The Morgan fingerprint density at radius 3 is 2.37 bits per heavy atom. The van der Waals surface area contributed by atoms with Crippen molar-refractivity contribution in [1.82, 2.24) is 5.32 Å². The van der Waals surface area contributed by atoms with Crippen molar-refractivity contribution < 1.29 is 14.2 Å². The molecule has 0 aliphatic heterocycles. The smallest absolute Gasteiger partial charge is 0.175 e. The van der Waals surface area contributed by atoms with Gasteiger partial charge in [0.2, 0.25) is 0 Å². The zero-order valence-corrected chi connectivity index (χ0v) is 19.4. The van der Waals surface area contributed by atoms with E-state index < -0.39 is 0 Å². The van der Waals surface area contributed by atoms with E-state index in [9.17, 15) is 0 Å². The molecule has 0 radical (unpaired) electrons. The molecule has 0 heterocycles. The summed E-state index contributed by atoms with van der Waals surface area (Å²) < 4.78 is 17.9. The molecular formula is C24H25BrClNO3. The van der Waals surface area contributed by atoms with Crippen molar-refractivity contribution in [3.63, 3.8) is 0 Å². The Balaban J connectivity index is 1.66. The summed E-state index contributed by atoms with van der Waals surface area (Å²) in [6, 6.07) is 19.8. The number of hydrogen-bond donors (Lipinski definition) is 1. The highest BCUT2D eigenvalue weighted by Gasteiger charge is 2.13. The zero-order chi connectivity index (χ0) is 21.3. The Morgan fingerprint density at radius 1 is 0.933 bits per heavy atom. The van der Waals surface area contributed by atoms with E-state index in [0.29, 0.717) is 36.3 Å². The molecule has 3 rings (SSSR count). The normalized spacial score (nSPS) is 10.7. The summed E-state index contributed by atoms with van der Waals surface area (Å²) in [6.07, 6.45) is 0. The molecular weight excluding hydrogens is 466 g/mol. The fourth-order valence-electron chi connectivity index (χ4n) is 2.99. The van der Waals surface area contributed by atoms with Gasteiger partial charge in [0.25, 0.3) is 0 Å². The van der Waals surface area contributed by atoms with Crippen molar-refractivity contribution in [3.05, 3.63) is 86.8 Å². The van der Waals surface area contributed by atoms with E-state index in [1.807, 2.05) is 55.5 Å². The van der Waals surface area contributed by atoms with Crippen LogP contribution in [0, 0.1) is 0 Å². The maximum atomic E-state index is 6.24. The highest BCUT2D eigenvalue weighted by atomic mass is 79.9. The van der Waals surface area contributed by atoms with Crippen LogP contribution in [0.25, 0.3) is 0 Å². The topological polar surface area (TPSA) is 39.7 Å². The molecule has 158 valence electrons. The summed E-state index contributed by atoms with van der Waals surface area (Å²) in [4.78, 5) is 0. The lowest BCUT2D eigenvalue weighted by Gasteiger charge is -2.16. The minimum absolute atomic E-state index is 0.368. The van der Waals surface area contributed by atoms with Crippen LogP contribution in [0.15, 0.2) is 65.1 Å². The van der Waals surface area contributed by atoms with E-state index in [2.05, 4.69) is 33.4 Å². The SMILES string of the molecule is CCOc1cc(CNCc2ccc(OC)cc2)cc(Br)c1OCc1ccccc1Cl. The molecule has 3 aromatic rings.